The van der Waals surface area contributed by atoms with Gasteiger partial charge in [-0.1, -0.05) is 0 Å². The Morgan fingerprint density at radius 1 is 1.29 bits per heavy atom. The summed E-state index contributed by atoms with van der Waals surface area (Å²) in [5.41, 5.74) is 7.55. The van der Waals surface area contributed by atoms with Gasteiger partial charge >= 0.3 is 0 Å². The normalized spacial score (nSPS) is 17.0. The highest BCUT2D eigenvalue weighted by atomic mass is 16.3. The highest BCUT2D eigenvalue weighted by Crippen LogP contribution is 2.40. The molecule has 1 aliphatic rings. The summed E-state index contributed by atoms with van der Waals surface area (Å²) in [5.74, 6) is 0. The number of nitrogens with two attached hydrogens (primary N) is 1. The molecule has 4 N–H and O–H groups in total. The SMILES string of the molecule is Nc1ccc(NC2(CO)CC2)c2cnccc12. The predicted molar refractivity (Wildman–Crippen MR) is 68.8 cm³/mol. The molecule has 0 bridgehead atoms. The number of nitrogens with one attached hydrogen (secondary N) is 1. The Morgan fingerprint density at radius 2 is 2.12 bits per heavy atom. The average Bonchev–Trinajstić information content (AvgIpc) is 3.14. The van der Waals surface area contributed by atoms with Gasteiger partial charge in [0.2, 0.25) is 0 Å². The van der Waals surface area contributed by atoms with Crippen molar-refractivity contribution >= 4 is 22.1 Å². The number of aliphatic hydroxyl groups is 1. The summed E-state index contributed by atoms with van der Waals surface area (Å²) in [6.45, 7) is 0.166. The van der Waals surface area contributed by atoms with Crippen molar-refractivity contribution in [2.24, 2.45) is 0 Å². The molecule has 1 fully saturated rings. The molecule has 0 spiro atoms. The topological polar surface area (TPSA) is 71.2 Å². The first-order valence-electron chi connectivity index (χ1n) is 5.75. The second-order valence-electron chi connectivity index (χ2n) is 4.69. The lowest BCUT2D eigenvalue weighted by Crippen LogP contribution is -2.25. The lowest BCUT2D eigenvalue weighted by Gasteiger charge is -2.18. The number of nitrogen functional groups attached to an aromatic ring is 1. The van der Waals surface area contributed by atoms with Gasteiger partial charge in [-0.2, -0.15) is 0 Å². The van der Waals surface area contributed by atoms with E-state index in [1.165, 1.54) is 0 Å². The van der Waals surface area contributed by atoms with Crippen molar-refractivity contribution in [3.8, 4) is 0 Å². The quantitative estimate of drug-likeness (QED) is 0.701. The fraction of sp³-hybridized carbons (Fsp3) is 0.308. The standard InChI is InChI=1S/C13H15N3O/c14-11-1-2-12(16-13(8-17)4-5-13)10-7-15-6-3-9(10)11/h1-3,6-7,16-17H,4-5,8,14H2. The van der Waals surface area contributed by atoms with Crippen LogP contribution in [0.3, 0.4) is 0 Å². The largest absolute Gasteiger partial charge is 0.398 e. The number of hydrogen-bond donors (Lipinski definition) is 3. The molecule has 4 nitrogen and oxygen atoms in total. The van der Waals surface area contributed by atoms with E-state index in [0.29, 0.717) is 0 Å². The zero-order valence-electron chi connectivity index (χ0n) is 9.48. The first-order valence-corrected chi connectivity index (χ1v) is 5.75. The zero-order chi connectivity index (χ0) is 11.9. The van der Waals surface area contributed by atoms with Gasteiger partial charge in [0.15, 0.2) is 0 Å². The number of hydrogen-bond acceptors (Lipinski definition) is 4. The third kappa shape index (κ3) is 1.70. The minimum Gasteiger partial charge on any atom is -0.398 e. The van der Waals surface area contributed by atoms with Gasteiger partial charge in [-0.25, -0.2) is 0 Å². The number of pyridine rings is 1. The van der Waals surface area contributed by atoms with E-state index in [9.17, 15) is 5.11 Å². The van der Waals surface area contributed by atoms with Crippen LogP contribution >= 0.6 is 0 Å². The van der Waals surface area contributed by atoms with Crippen molar-refractivity contribution in [1.82, 2.24) is 4.98 Å². The molecule has 1 aliphatic carbocycles. The predicted octanol–water partition coefficient (Wildman–Crippen LogP) is 1.75. The fourth-order valence-electron chi connectivity index (χ4n) is 2.08. The molecule has 17 heavy (non-hydrogen) atoms. The Morgan fingerprint density at radius 3 is 2.82 bits per heavy atom. The van der Waals surface area contributed by atoms with E-state index < -0.39 is 0 Å². The number of nitrogens with zero attached hydrogens (tertiary/aromatic N) is 1. The van der Waals surface area contributed by atoms with Crippen molar-refractivity contribution in [2.75, 3.05) is 17.7 Å². The van der Waals surface area contributed by atoms with Crippen LogP contribution in [0, 0.1) is 0 Å². The van der Waals surface area contributed by atoms with E-state index in [1.807, 2.05) is 24.4 Å². The molecule has 88 valence electrons. The molecule has 0 amide bonds. The Balaban J connectivity index is 2.08. The molecule has 0 atom stereocenters. The minimum atomic E-state index is -0.126. The second kappa shape index (κ2) is 3.60. The first kappa shape index (κ1) is 10.4. The van der Waals surface area contributed by atoms with E-state index >= 15 is 0 Å². The molecule has 3 rings (SSSR count). The van der Waals surface area contributed by atoms with E-state index in [0.717, 1.165) is 35.0 Å². The van der Waals surface area contributed by atoms with E-state index in [1.54, 1.807) is 6.20 Å². The highest BCUT2D eigenvalue weighted by molar-refractivity contribution is 6.00. The Bertz CT molecular complexity index is 564. The molecule has 1 aromatic heterocycles. The molecule has 4 heteroatoms. The van der Waals surface area contributed by atoms with E-state index in [-0.39, 0.29) is 12.1 Å². The van der Waals surface area contributed by atoms with Crippen LogP contribution < -0.4 is 11.1 Å². The molecule has 2 aromatic rings. The molecule has 1 aromatic carbocycles. The molecule has 0 radical (unpaired) electrons. The van der Waals surface area contributed by atoms with Gasteiger partial charge in [-0.3, -0.25) is 4.98 Å². The molecular weight excluding hydrogens is 214 g/mol. The Kier molecular flexibility index (Phi) is 2.19. The van der Waals surface area contributed by atoms with E-state index in [2.05, 4.69) is 10.3 Å². The third-order valence-electron chi connectivity index (χ3n) is 3.41. The third-order valence-corrected chi connectivity index (χ3v) is 3.41. The molecule has 1 saturated carbocycles. The molecule has 0 unspecified atom stereocenters. The van der Waals surface area contributed by atoms with E-state index in [4.69, 9.17) is 5.73 Å². The van der Waals surface area contributed by atoms with Gasteiger partial charge < -0.3 is 16.2 Å². The van der Waals surface area contributed by atoms with Crippen LogP contribution in [-0.4, -0.2) is 22.2 Å². The first-order chi connectivity index (χ1) is 8.24. The lowest BCUT2D eigenvalue weighted by molar-refractivity contribution is 0.266. The number of benzene rings is 1. The van der Waals surface area contributed by atoms with Crippen LogP contribution in [0.2, 0.25) is 0 Å². The highest BCUT2D eigenvalue weighted by Gasteiger charge is 2.42. The van der Waals surface area contributed by atoms with Gasteiger partial charge in [0.25, 0.3) is 0 Å². The number of fused-ring (bicyclic) bond motifs is 1. The summed E-state index contributed by atoms with van der Waals surface area (Å²) in [4.78, 5) is 4.13. The summed E-state index contributed by atoms with van der Waals surface area (Å²) in [7, 11) is 0. The summed E-state index contributed by atoms with van der Waals surface area (Å²) >= 11 is 0. The molecule has 1 heterocycles. The number of aliphatic hydroxyl groups excluding tert-OH is 1. The van der Waals surface area contributed by atoms with Gasteiger partial charge in [0.1, 0.15) is 0 Å². The number of anilines is 2. The zero-order valence-corrected chi connectivity index (χ0v) is 9.48. The van der Waals surface area contributed by atoms with Crippen molar-refractivity contribution in [2.45, 2.75) is 18.4 Å². The maximum absolute atomic E-state index is 9.34. The molecule has 0 saturated heterocycles. The van der Waals surface area contributed by atoms with Crippen LogP contribution in [-0.2, 0) is 0 Å². The van der Waals surface area contributed by atoms with Crippen molar-refractivity contribution in [3.63, 3.8) is 0 Å². The van der Waals surface area contributed by atoms with Gasteiger partial charge in [-0.15, -0.1) is 0 Å². The number of aromatic nitrogens is 1. The molecule has 0 aliphatic heterocycles. The maximum atomic E-state index is 9.34. The van der Waals surface area contributed by atoms with Gasteiger partial charge in [-0.05, 0) is 31.0 Å². The van der Waals surface area contributed by atoms with Crippen LogP contribution in [0.25, 0.3) is 10.8 Å². The Labute approximate surface area is 99.5 Å². The van der Waals surface area contributed by atoms with Crippen LogP contribution in [0.1, 0.15) is 12.8 Å². The molecular formula is C13H15N3O. The van der Waals surface area contributed by atoms with Crippen molar-refractivity contribution in [3.05, 3.63) is 30.6 Å². The maximum Gasteiger partial charge on any atom is 0.0661 e. The summed E-state index contributed by atoms with van der Waals surface area (Å²) in [5, 5.41) is 14.8. The van der Waals surface area contributed by atoms with Gasteiger partial charge in [0.05, 0.1) is 12.1 Å². The minimum absolute atomic E-state index is 0.126. The van der Waals surface area contributed by atoms with Crippen LogP contribution in [0.4, 0.5) is 11.4 Å². The van der Waals surface area contributed by atoms with Crippen LogP contribution in [0.5, 0.6) is 0 Å². The average molecular weight is 229 g/mol. The second-order valence-corrected chi connectivity index (χ2v) is 4.69. The fourth-order valence-corrected chi connectivity index (χ4v) is 2.08. The van der Waals surface area contributed by atoms with Crippen LogP contribution in [0.15, 0.2) is 30.6 Å². The summed E-state index contributed by atoms with van der Waals surface area (Å²) < 4.78 is 0. The summed E-state index contributed by atoms with van der Waals surface area (Å²) in [6, 6.07) is 5.75. The number of rotatable bonds is 3. The summed E-state index contributed by atoms with van der Waals surface area (Å²) in [6.07, 6.45) is 5.56. The lowest BCUT2D eigenvalue weighted by atomic mass is 10.1. The van der Waals surface area contributed by atoms with Gasteiger partial charge in [0, 0.05) is 34.5 Å². The van der Waals surface area contributed by atoms with Crippen molar-refractivity contribution < 1.29 is 5.11 Å². The smallest absolute Gasteiger partial charge is 0.0661 e. The monoisotopic (exact) mass is 229 g/mol. The van der Waals surface area contributed by atoms with Crippen molar-refractivity contribution in [1.29, 1.82) is 0 Å². The Hall–Kier alpha value is -1.81.